The van der Waals surface area contributed by atoms with Crippen molar-refractivity contribution in [3.8, 4) is 11.5 Å². The van der Waals surface area contributed by atoms with Crippen molar-refractivity contribution in [1.82, 2.24) is 0 Å². The van der Waals surface area contributed by atoms with Crippen LogP contribution in [0.25, 0.3) is 0 Å². The second kappa shape index (κ2) is 8.50. The molecule has 0 aliphatic heterocycles. The fourth-order valence-corrected chi connectivity index (χ4v) is 4.42. The van der Waals surface area contributed by atoms with Gasteiger partial charge in [-0.2, -0.15) is 0 Å². The van der Waals surface area contributed by atoms with Crippen LogP contribution in [0, 0.1) is 23.7 Å². The summed E-state index contributed by atoms with van der Waals surface area (Å²) in [6.07, 6.45) is 9.69. The molecule has 0 spiro atoms. The topological polar surface area (TPSA) is 52.6 Å². The van der Waals surface area contributed by atoms with E-state index >= 15 is 0 Å². The zero-order valence-electron chi connectivity index (χ0n) is 15.0. The number of esters is 1. The molecule has 0 aromatic heterocycles. The maximum atomic E-state index is 12.4. The largest absolute Gasteiger partial charge is 0.429 e. The fraction of sp³-hybridized carbons (Fsp3) is 0.619. The predicted molar refractivity (Wildman–Crippen MR) is 95.3 cm³/mol. The number of carbonyl (C=O) groups is 2. The van der Waals surface area contributed by atoms with Gasteiger partial charge in [0.15, 0.2) is 0 Å². The Labute approximate surface area is 149 Å². The Balaban J connectivity index is 1.45. The Morgan fingerprint density at radius 2 is 1.40 bits per heavy atom. The standard InChI is InChI=1S/C21H28O4/c1-15-2-4-16(5-3-15)17-6-8-18(9-7-17)21(23)25-20-12-10-19(11-13-20)24-14-22/h10-18H,2-9H2,1H3. The Hall–Kier alpha value is -1.84. The minimum Gasteiger partial charge on any atom is -0.429 e. The monoisotopic (exact) mass is 344 g/mol. The molecule has 25 heavy (non-hydrogen) atoms. The van der Waals surface area contributed by atoms with Gasteiger partial charge < -0.3 is 9.47 Å². The van der Waals surface area contributed by atoms with Crippen molar-refractivity contribution in [1.29, 1.82) is 0 Å². The highest BCUT2D eigenvalue weighted by molar-refractivity contribution is 5.75. The second-order valence-corrected chi connectivity index (χ2v) is 7.74. The number of hydrogen-bond donors (Lipinski definition) is 0. The maximum absolute atomic E-state index is 12.4. The third kappa shape index (κ3) is 4.83. The predicted octanol–water partition coefficient (Wildman–Crippen LogP) is 4.76. The maximum Gasteiger partial charge on any atom is 0.314 e. The van der Waals surface area contributed by atoms with Gasteiger partial charge >= 0.3 is 5.97 Å². The van der Waals surface area contributed by atoms with Crippen molar-refractivity contribution < 1.29 is 19.1 Å². The van der Waals surface area contributed by atoms with Crippen molar-refractivity contribution >= 4 is 12.4 Å². The summed E-state index contributed by atoms with van der Waals surface area (Å²) in [5.74, 6) is 3.41. The van der Waals surface area contributed by atoms with Crippen LogP contribution in [0.2, 0.25) is 0 Å². The minimum atomic E-state index is -0.125. The third-order valence-electron chi connectivity index (χ3n) is 6.06. The molecule has 3 rings (SSSR count). The van der Waals surface area contributed by atoms with Gasteiger partial charge in [-0.1, -0.05) is 19.8 Å². The van der Waals surface area contributed by atoms with Crippen LogP contribution in [-0.2, 0) is 9.59 Å². The van der Waals surface area contributed by atoms with E-state index in [1.165, 1.54) is 25.7 Å². The van der Waals surface area contributed by atoms with E-state index in [1.807, 2.05) is 0 Å². The number of ether oxygens (including phenoxy) is 2. The van der Waals surface area contributed by atoms with Crippen molar-refractivity contribution in [2.24, 2.45) is 23.7 Å². The van der Waals surface area contributed by atoms with Gasteiger partial charge in [-0.05, 0) is 80.5 Å². The van der Waals surface area contributed by atoms with Crippen LogP contribution in [0.1, 0.15) is 58.3 Å². The van der Waals surface area contributed by atoms with Crippen LogP contribution in [0.5, 0.6) is 11.5 Å². The lowest BCUT2D eigenvalue weighted by molar-refractivity contribution is -0.140. The molecule has 2 saturated carbocycles. The van der Waals surface area contributed by atoms with Crippen LogP contribution in [0.3, 0.4) is 0 Å². The molecule has 1 aromatic rings. The van der Waals surface area contributed by atoms with E-state index in [1.54, 1.807) is 24.3 Å². The van der Waals surface area contributed by atoms with Gasteiger partial charge in [0.05, 0.1) is 5.92 Å². The van der Waals surface area contributed by atoms with Gasteiger partial charge in [-0.25, -0.2) is 0 Å². The van der Waals surface area contributed by atoms with E-state index in [0.717, 1.165) is 43.4 Å². The zero-order chi connectivity index (χ0) is 17.6. The molecule has 0 atom stereocenters. The van der Waals surface area contributed by atoms with Gasteiger partial charge in [-0.3, -0.25) is 9.59 Å². The van der Waals surface area contributed by atoms with Gasteiger partial charge in [0, 0.05) is 0 Å². The first-order valence-electron chi connectivity index (χ1n) is 9.57. The van der Waals surface area contributed by atoms with Crippen molar-refractivity contribution in [2.75, 3.05) is 0 Å². The number of benzene rings is 1. The summed E-state index contributed by atoms with van der Waals surface area (Å²) in [4.78, 5) is 22.7. The summed E-state index contributed by atoms with van der Waals surface area (Å²) >= 11 is 0. The fourth-order valence-electron chi connectivity index (χ4n) is 4.42. The molecule has 4 heteroatoms. The molecular weight excluding hydrogens is 316 g/mol. The van der Waals surface area contributed by atoms with E-state index in [-0.39, 0.29) is 11.9 Å². The average molecular weight is 344 g/mol. The molecule has 1 aromatic carbocycles. The number of rotatable bonds is 5. The molecule has 136 valence electrons. The minimum absolute atomic E-state index is 0.0182. The van der Waals surface area contributed by atoms with Crippen LogP contribution in [0.15, 0.2) is 24.3 Å². The quantitative estimate of drug-likeness (QED) is 0.439. The van der Waals surface area contributed by atoms with Crippen molar-refractivity contribution in [2.45, 2.75) is 58.3 Å². The lowest BCUT2D eigenvalue weighted by Crippen LogP contribution is -2.29. The summed E-state index contributed by atoms with van der Waals surface area (Å²) in [5.41, 5.74) is 0. The van der Waals surface area contributed by atoms with Gasteiger partial charge in [0.1, 0.15) is 11.5 Å². The Morgan fingerprint density at radius 1 is 0.880 bits per heavy atom. The molecular formula is C21H28O4. The Bertz CT molecular complexity index is 564. The summed E-state index contributed by atoms with van der Waals surface area (Å²) < 4.78 is 10.2. The summed E-state index contributed by atoms with van der Waals surface area (Å²) in [7, 11) is 0. The molecule has 0 bridgehead atoms. The summed E-state index contributed by atoms with van der Waals surface area (Å²) in [6, 6.07) is 6.56. The number of carbonyl (C=O) groups excluding carboxylic acids is 2. The average Bonchev–Trinajstić information content (AvgIpc) is 2.64. The molecule has 2 aliphatic rings. The molecule has 0 unspecified atom stereocenters. The number of hydrogen-bond acceptors (Lipinski definition) is 4. The molecule has 2 fully saturated rings. The van der Waals surface area contributed by atoms with E-state index in [4.69, 9.17) is 9.47 Å². The van der Waals surface area contributed by atoms with E-state index in [9.17, 15) is 9.59 Å². The lowest BCUT2D eigenvalue weighted by atomic mass is 9.69. The van der Waals surface area contributed by atoms with E-state index in [0.29, 0.717) is 18.0 Å². The van der Waals surface area contributed by atoms with Gasteiger partial charge in [-0.15, -0.1) is 0 Å². The lowest BCUT2D eigenvalue weighted by Gasteiger charge is -2.36. The molecule has 0 saturated heterocycles. The van der Waals surface area contributed by atoms with E-state index < -0.39 is 0 Å². The zero-order valence-corrected chi connectivity index (χ0v) is 15.0. The molecule has 4 nitrogen and oxygen atoms in total. The summed E-state index contributed by atoms with van der Waals surface area (Å²) in [5, 5.41) is 0. The SMILES string of the molecule is CC1CCC(C2CCC(C(=O)Oc3ccc(OC=O)cc3)CC2)CC1. The molecule has 0 radical (unpaired) electrons. The van der Waals surface area contributed by atoms with Crippen LogP contribution in [0.4, 0.5) is 0 Å². The smallest absolute Gasteiger partial charge is 0.314 e. The molecule has 0 heterocycles. The second-order valence-electron chi connectivity index (χ2n) is 7.74. The first kappa shape index (κ1) is 18.0. The van der Waals surface area contributed by atoms with Crippen LogP contribution < -0.4 is 9.47 Å². The van der Waals surface area contributed by atoms with Crippen molar-refractivity contribution in [3.05, 3.63) is 24.3 Å². The first-order chi connectivity index (χ1) is 12.2. The summed E-state index contributed by atoms with van der Waals surface area (Å²) in [6.45, 7) is 2.74. The Morgan fingerprint density at radius 3 is 1.96 bits per heavy atom. The van der Waals surface area contributed by atoms with Crippen LogP contribution in [-0.4, -0.2) is 12.4 Å². The van der Waals surface area contributed by atoms with Crippen molar-refractivity contribution in [3.63, 3.8) is 0 Å². The Kier molecular flexibility index (Phi) is 6.11. The van der Waals surface area contributed by atoms with Gasteiger partial charge in [0.25, 0.3) is 6.47 Å². The molecule has 2 aliphatic carbocycles. The molecule has 0 N–H and O–H groups in total. The van der Waals surface area contributed by atoms with Crippen LogP contribution >= 0.6 is 0 Å². The van der Waals surface area contributed by atoms with E-state index in [2.05, 4.69) is 6.92 Å². The van der Waals surface area contributed by atoms with Gasteiger partial charge in [0.2, 0.25) is 0 Å². The highest BCUT2D eigenvalue weighted by Gasteiger charge is 2.33. The highest BCUT2D eigenvalue weighted by Crippen LogP contribution is 2.41. The third-order valence-corrected chi connectivity index (χ3v) is 6.06. The molecule has 0 amide bonds. The normalized spacial score (nSPS) is 29.6. The first-order valence-corrected chi connectivity index (χ1v) is 9.57. The highest BCUT2D eigenvalue weighted by atomic mass is 16.5.